The fourth-order valence-corrected chi connectivity index (χ4v) is 15.4. The molecule has 4 nitrogen and oxygen atoms in total. The summed E-state index contributed by atoms with van der Waals surface area (Å²) in [6.45, 7) is 40.2. The molecule has 87 heavy (non-hydrogen) atoms. The summed E-state index contributed by atoms with van der Waals surface area (Å²) < 4.78 is 7.90. The molecule has 5 heteroatoms. The highest BCUT2D eigenvalue weighted by Crippen LogP contribution is 2.56. The van der Waals surface area contributed by atoms with Crippen LogP contribution < -0.4 is 25.5 Å². The number of fused-ring (bicyclic) bond motifs is 10. The minimum atomic E-state index is -0.277. The number of hydrogen-bond acceptors (Lipinski definition) is 4. The minimum Gasteiger partial charge on any atom is -0.440 e. The summed E-state index contributed by atoms with van der Waals surface area (Å²) in [6.07, 6.45) is 4.52. The molecule has 0 N–H and O–H groups in total. The highest BCUT2D eigenvalue weighted by atomic mass is 16.4. The lowest BCUT2D eigenvalue weighted by Crippen LogP contribution is -2.61. The molecular weight excluding hydrogens is 1050 g/mol. The molecule has 0 unspecified atom stereocenters. The summed E-state index contributed by atoms with van der Waals surface area (Å²) >= 11 is 0. The Hall–Kier alpha value is -7.76. The van der Waals surface area contributed by atoms with Crippen molar-refractivity contribution < 1.29 is 4.42 Å². The standard InChI is InChI=1S/C82H88BN3O/c1-76(2,3)53-27-32-56(33-28-53)84(57-34-29-54(30-35-57)77(4,5)6)58-37-40-70-62(47-58)63-45-52-25-21-22-26-60(52)74-72(63)83(86(70)59-36-38-65-66(48-59)80(12,13)42-41-79(65,10)11)73-64-49-67-68(82(16,17)44-43-81(67,14)15)50-71(64)87-75(73)85(74)69-39-31-55(78(7,8)9)46-61(69)51-23-19-18-20-24-51/h18-40,45-50H,41-44H2,1-17H3. The van der Waals surface area contributed by atoms with Gasteiger partial charge in [0.1, 0.15) is 5.58 Å². The first-order valence-electron chi connectivity index (χ1n) is 32.3. The monoisotopic (exact) mass is 1140 g/mol. The molecule has 3 heterocycles. The van der Waals surface area contributed by atoms with Crippen molar-refractivity contribution in [3.63, 3.8) is 0 Å². The maximum atomic E-state index is 7.90. The van der Waals surface area contributed by atoms with Gasteiger partial charge in [-0.3, -0.25) is 4.90 Å². The van der Waals surface area contributed by atoms with Gasteiger partial charge in [-0.25, -0.2) is 0 Å². The molecule has 0 amide bonds. The number of hydrogen-bond donors (Lipinski definition) is 0. The van der Waals surface area contributed by atoms with Crippen LogP contribution in [0.5, 0.6) is 0 Å². The zero-order valence-electron chi connectivity index (χ0n) is 54.9. The predicted molar refractivity (Wildman–Crippen MR) is 374 cm³/mol. The van der Waals surface area contributed by atoms with Crippen LogP contribution in [0.15, 0.2) is 180 Å². The fraction of sp³-hybridized carbons (Fsp3) is 0.341. The van der Waals surface area contributed by atoms with Crippen LogP contribution >= 0.6 is 0 Å². The van der Waals surface area contributed by atoms with Crippen LogP contribution in [-0.2, 0) is 37.9 Å². The van der Waals surface area contributed by atoms with Gasteiger partial charge < -0.3 is 14.1 Å². The van der Waals surface area contributed by atoms with E-state index in [1.807, 2.05) is 0 Å². The second-order valence-corrected chi connectivity index (χ2v) is 32.0. The smallest absolute Gasteiger partial charge is 0.337 e. The summed E-state index contributed by atoms with van der Waals surface area (Å²) in [7, 11) is 0. The largest absolute Gasteiger partial charge is 0.440 e. The SMILES string of the molecule is CC(C)(C)c1ccc(N(c2ccc(C(C)(C)C)cc2)c2ccc3c(c2)-c2cc4ccccc4c4c2B(c2c(oc5cc6c(cc25)C(C)(C)CCC6(C)C)N4c2ccc(C(C)(C)C)cc2-c2ccccc2)N3c2ccc3c(c2)C(C)(C)CCC3(C)C)cc1. The van der Waals surface area contributed by atoms with Crippen molar-refractivity contribution in [2.45, 2.75) is 181 Å². The highest BCUT2D eigenvalue weighted by molar-refractivity contribution is 6.95. The summed E-state index contributed by atoms with van der Waals surface area (Å²) in [5.41, 5.74) is 25.8. The van der Waals surface area contributed by atoms with Gasteiger partial charge in [0.25, 0.3) is 0 Å². The van der Waals surface area contributed by atoms with Crippen LogP contribution in [0.2, 0.25) is 0 Å². The lowest BCUT2D eigenvalue weighted by molar-refractivity contribution is 0.332. The number of rotatable bonds is 6. The molecular formula is C82H88BN3O. The molecule has 0 atom stereocenters. The van der Waals surface area contributed by atoms with Crippen molar-refractivity contribution in [2.24, 2.45) is 0 Å². The molecule has 9 aromatic carbocycles. The first-order chi connectivity index (χ1) is 41.0. The molecule has 0 bridgehead atoms. The Morgan fingerprint density at radius 1 is 0.414 bits per heavy atom. The molecule has 2 aliphatic heterocycles. The lowest BCUT2D eigenvalue weighted by Gasteiger charge is -2.46. The van der Waals surface area contributed by atoms with E-state index in [1.54, 1.807) is 0 Å². The molecule has 0 saturated heterocycles. The Bertz CT molecular complexity index is 4340. The van der Waals surface area contributed by atoms with Crippen LogP contribution in [-0.4, -0.2) is 6.85 Å². The molecule has 1 aromatic heterocycles. The van der Waals surface area contributed by atoms with Gasteiger partial charge in [-0.2, -0.15) is 0 Å². The molecule has 0 radical (unpaired) electrons. The zero-order valence-corrected chi connectivity index (χ0v) is 54.9. The highest BCUT2D eigenvalue weighted by Gasteiger charge is 2.51. The van der Waals surface area contributed by atoms with Gasteiger partial charge in [-0.05, 0) is 209 Å². The third-order valence-electron chi connectivity index (χ3n) is 21.0. The van der Waals surface area contributed by atoms with Gasteiger partial charge in [0.15, 0.2) is 0 Å². The Morgan fingerprint density at radius 3 is 1.53 bits per heavy atom. The van der Waals surface area contributed by atoms with E-state index in [2.05, 4.69) is 308 Å². The van der Waals surface area contributed by atoms with Crippen molar-refractivity contribution in [1.29, 1.82) is 0 Å². The molecule has 10 aromatic rings. The van der Waals surface area contributed by atoms with Crippen LogP contribution in [0.3, 0.4) is 0 Å². The average Bonchev–Trinajstić information content (AvgIpc) is 1.67. The molecule has 0 saturated carbocycles. The maximum Gasteiger partial charge on any atom is 0.337 e. The van der Waals surface area contributed by atoms with Crippen molar-refractivity contribution in [2.75, 3.05) is 14.6 Å². The third-order valence-corrected chi connectivity index (χ3v) is 21.0. The molecule has 0 fully saturated rings. The fourth-order valence-electron chi connectivity index (χ4n) is 15.4. The quantitative estimate of drug-likeness (QED) is 0.155. The van der Waals surface area contributed by atoms with Gasteiger partial charge in [0, 0.05) is 55.8 Å². The Kier molecular flexibility index (Phi) is 12.7. The van der Waals surface area contributed by atoms with Gasteiger partial charge in [-0.15, -0.1) is 0 Å². The molecule has 440 valence electrons. The van der Waals surface area contributed by atoms with E-state index >= 15 is 0 Å². The maximum absolute atomic E-state index is 7.90. The van der Waals surface area contributed by atoms with Crippen molar-refractivity contribution >= 4 is 85.2 Å². The van der Waals surface area contributed by atoms with E-state index in [0.717, 1.165) is 59.9 Å². The average molecular weight is 1140 g/mol. The minimum absolute atomic E-state index is 0.0110. The Morgan fingerprint density at radius 2 is 0.931 bits per heavy atom. The normalized spacial score (nSPS) is 17.1. The second-order valence-electron chi connectivity index (χ2n) is 32.0. The van der Waals surface area contributed by atoms with E-state index in [0.29, 0.717) is 0 Å². The number of anilines is 8. The molecule has 2 aliphatic carbocycles. The van der Waals surface area contributed by atoms with Gasteiger partial charge in [-0.1, -0.05) is 209 Å². The number of benzene rings is 9. The Labute approximate surface area is 519 Å². The predicted octanol–water partition coefficient (Wildman–Crippen LogP) is 22.0. The molecule has 14 rings (SSSR count). The van der Waals surface area contributed by atoms with Crippen molar-refractivity contribution in [1.82, 2.24) is 0 Å². The summed E-state index contributed by atoms with van der Waals surface area (Å²) in [5, 5.41) is 3.58. The van der Waals surface area contributed by atoms with Gasteiger partial charge in [0.05, 0.1) is 11.4 Å². The van der Waals surface area contributed by atoms with E-state index < -0.39 is 0 Å². The zero-order chi connectivity index (χ0) is 61.3. The second kappa shape index (κ2) is 19.4. The summed E-state index contributed by atoms with van der Waals surface area (Å²) in [4.78, 5) is 7.80. The molecule has 0 spiro atoms. The summed E-state index contributed by atoms with van der Waals surface area (Å²) in [5.74, 6) is 0.886. The van der Waals surface area contributed by atoms with E-state index in [1.165, 1.54) is 105 Å². The first kappa shape index (κ1) is 57.0. The van der Waals surface area contributed by atoms with Gasteiger partial charge in [0.2, 0.25) is 5.88 Å². The number of furan rings is 1. The molecule has 4 aliphatic rings. The van der Waals surface area contributed by atoms with Gasteiger partial charge >= 0.3 is 6.85 Å². The third kappa shape index (κ3) is 9.21. The first-order valence-corrected chi connectivity index (χ1v) is 32.3. The van der Waals surface area contributed by atoms with Crippen molar-refractivity contribution in [3.05, 3.63) is 215 Å². The van der Waals surface area contributed by atoms with Crippen LogP contribution in [0.4, 0.5) is 45.7 Å². The number of nitrogens with zero attached hydrogens (tertiary/aromatic N) is 3. The topological polar surface area (TPSA) is 22.9 Å². The van der Waals surface area contributed by atoms with E-state index in [4.69, 9.17) is 4.42 Å². The summed E-state index contributed by atoms with van der Waals surface area (Å²) in [6, 6.07) is 68.6. The van der Waals surface area contributed by atoms with Crippen LogP contribution in [0.25, 0.3) is 44.0 Å². The van der Waals surface area contributed by atoms with E-state index in [9.17, 15) is 0 Å². The van der Waals surface area contributed by atoms with Crippen LogP contribution in [0, 0.1) is 0 Å². The Balaban J connectivity index is 1.13. The lowest BCUT2D eigenvalue weighted by atomic mass is 9.43. The van der Waals surface area contributed by atoms with Crippen LogP contribution in [0.1, 0.15) is 182 Å². The van der Waals surface area contributed by atoms with E-state index in [-0.39, 0.29) is 44.8 Å². The van der Waals surface area contributed by atoms with Crippen molar-refractivity contribution in [3.8, 4) is 22.3 Å².